The summed E-state index contributed by atoms with van der Waals surface area (Å²) in [6.45, 7) is 10.9. The fourth-order valence-electron chi connectivity index (χ4n) is 3.60. The molecule has 0 radical (unpaired) electrons. The molecule has 120 valence electrons. The highest BCUT2D eigenvalue weighted by Gasteiger charge is 2.38. The lowest BCUT2D eigenvalue weighted by Crippen LogP contribution is -2.48. The van der Waals surface area contributed by atoms with Crippen LogP contribution in [0.4, 0.5) is 0 Å². The number of hydrogen-bond acceptors (Lipinski definition) is 3. The first-order valence-electron chi connectivity index (χ1n) is 7.23. The van der Waals surface area contributed by atoms with Crippen molar-refractivity contribution in [2.24, 2.45) is 10.8 Å². The molecule has 0 saturated heterocycles. The molecular weight excluding hydrogens is 276 g/mol. The maximum atomic E-state index is 11.9. The third-order valence-corrected chi connectivity index (χ3v) is 3.69. The second-order valence-electron chi connectivity index (χ2n) is 7.35. The van der Waals surface area contributed by atoms with E-state index in [1.165, 1.54) is 6.42 Å². The van der Waals surface area contributed by atoms with Crippen LogP contribution >= 0.6 is 12.4 Å². The van der Waals surface area contributed by atoms with Crippen molar-refractivity contribution in [2.75, 3.05) is 26.8 Å². The van der Waals surface area contributed by atoms with E-state index in [9.17, 15) is 4.79 Å². The Bertz CT molecular complexity index is 290. The van der Waals surface area contributed by atoms with Crippen molar-refractivity contribution in [3.05, 3.63) is 0 Å². The van der Waals surface area contributed by atoms with E-state index in [-0.39, 0.29) is 18.3 Å². The largest absolute Gasteiger partial charge is 0.383 e. The van der Waals surface area contributed by atoms with Gasteiger partial charge in [0.1, 0.15) is 0 Å². The Kier molecular flexibility index (Phi) is 8.07. The molecule has 1 saturated carbocycles. The number of rotatable bonds is 6. The van der Waals surface area contributed by atoms with E-state index < -0.39 is 0 Å². The predicted molar refractivity (Wildman–Crippen MR) is 85.3 cm³/mol. The fourth-order valence-corrected chi connectivity index (χ4v) is 3.60. The van der Waals surface area contributed by atoms with E-state index in [2.05, 4.69) is 38.3 Å². The molecule has 1 rings (SSSR count). The fraction of sp³-hybridized carbons (Fsp3) is 0.933. The van der Waals surface area contributed by atoms with Gasteiger partial charge in [0, 0.05) is 19.7 Å². The number of halogens is 1. The minimum atomic E-state index is 0. The van der Waals surface area contributed by atoms with Gasteiger partial charge in [0.2, 0.25) is 5.91 Å². The van der Waals surface area contributed by atoms with Gasteiger partial charge >= 0.3 is 0 Å². The topological polar surface area (TPSA) is 50.4 Å². The van der Waals surface area contributed by atoms with Crippen LogP contribution in [0.2, 0.25) is 0 Å². The maximum absolute atomic E-state index is 11.9. The standard InChI is InChI=1S/C15H30N2O2.ClH/c1-14(2)8-12(9-15(3,4)11-14)17-13(18)10-16-6-7-19-5;/h12,16H,6-11H2,1-5H3,(H,17,18);1H. The normalized spacial score (nSPS) is 21.1. The van der Waals surface area contributed by atoms with Crippen molar-refractivity contribution in [3.63, 3.8) is 0 Å². The average Bonchev–Trinajstić information content (AvgIpc) is 2.19. The molecule has 0 aliphatic heterocycles. The van der Waals surface area contributed by atoms with Crippen molar-refractivity contribution in [3.8, 4) is 0 Å². The minimum absolute atomic E-state index is 0. The summed E-state index contributed by atoms with van der Waals surface area (Å²) in [5.74, 6) is 0.0922. The van der Waals surface area contributed by atoms with E-state index in [1.807, 2.05) is 0 Å². The third kappa shape index (κ3) is 7.46. The summed E-state index contributed by atoms with van der Waals surface area (Å²) in [5, 5.41) is 6.24. The summed E-state index contributed by atoms with van der Waals surface area (Å²) >= 11 is 0. The summed E-state index contributed by atoms with van der Waals surface area (Å²) in [6.07, 6.45) is 3.36. The monoisotopic (exact) mass is 306 g/mol. The zero-order valence-corrected chi connectivity index (χ0v) is 14.4. The second kappa shape index (κ2) is 8.20. The molecule has 1 aliphatic rings. The predicted octanol–water partition coefficient (Wildman–Crippen LogP) is 2.37. The van der Waals surface area contributed by atoms with Crippen LogP contribution in [0, 0.1) is 10.8 Å². The maximum Gasteiger partial charge on any atom is 0.234 e. The van der Waals surface area contributed by atoms with Crippen LogP contribution in [-0.4, -0.2) is 38.8 Å². The van der Waals surface area contributed by atoms with Gasteiger partial charge in [-0.25, -0.2) is 0 Å². The lowest BCUT2D eigenvalue weighted by Gasteiger charge is -2.45. The summed E-state index contributed by atoms with van der Waals surface area (Å²) in [5.41, 5.74) is 0.617. The smallest absolute Gasteiger partial charge is 0.234 e. The minimum Gasteiger partial charge on any atom is -0.383 e. The second-order valence-corrected chi connectivity index (χ2v) is 7.35. The van der Waals surface area contributed by atoms with Crippen molar-refractivity contribution >= 4 is 18.3 Å². The zero-order valence-electron chi connectivity index (χ0n) is 13.5. The van der Waals surface area contributed by atoms with Gasteiger partial charge in [0.25, 0.3) is 0 Å². The summed E-state index contributed by atoms with van der Waals surface area (Å²) in [4.78, 5) is 11.9. The van der Waals surface area contributed by atoms with Gasteiger partial charge in [-0.05, 0) is 30.1 Å². The molecule has 0 unspecified atom stereocenters. The molecule has 0 bridgehead atoms. The number of hydrogen-bond donors (Lipinski definition) is 2. The Morgan fingerprint density at radius 2 is 1.75 bits per heavy atom. The molecule has 2 N–H and O–H groups in total. The van der Waals surface area contributed by atoms with Gasteiger partial charge in [-0.1, -0.05) is 27.7 Å². The summed E-state index contributed by atoms with van der Waals surface area (Å²) < 4.78 is 4.93. The Labute approximate surface area is 129 Å². The van der Waals surface area contributed by atoms with Crippen LogP contribution in [0.5, 0.6) is 0 Å². The Morgan fingerprint density at radius 1 is 1.20 bits per heavy atom. The summed E-state index contributed by atoms with van der Waals surface area (Å²) in [7, 11) is 1.66. The van der Waals surface area contributed by atoms with Crippen molar-refractivity contribution < 1.29 is 9.53 Å². The molecule has 0 atom stereocenters. The van der Waals surface area contributed by atoms with Gasteiger partial charge in [-0.15, -0.1) is 12.4 Å². The van der Waals surface area contributed by atoms with Gasteiger partial charge in [0.15, 0.2) is 0 Å². The number of nitrogens with one attached hydrogen (secondary N) is 2. The average molecular weight is 307 g/mol. The quantitative estimate of drug-likeness (QED) is 0.741. The highest BCUT2D eigenvalue weighted by Crippen LogP contribution is 2.45. The van der Waals surface area contributed by atoms with Crippen LogP contribution in [0.15, 0.2) is 0 Å². The van der Waals surface area contributed by atoms with Crippen molar-refractivity contribution in [2.45, 2.75) is 53.0 Å². The van der Waals surface area contributed by atoms with Gasteiger partial charge in [0.05, 0.1) is 13.2 Å². The van der Waals surface area contributed by atoms with E-state index in [0.717, 1.165) is 12.8 Å². The van der Waals surface area contributed by atoms with Crippen molar-refractivity contribution in [1.29, 1.82) is 0 Å². The lowest BCUT2D eigenvalue weighted by atomic mass is 9.63. The van der Waals surface area contributed by atoms with E-state index in [1.54, 1.807) is 7.11 Å². The molecule has 0 aromatic carbocycles. The highest BCUT2D eigenvalue weighted by atomic mass is 35.5. The number of amides is 1. The van der Waals surface area contributed by atoms with E-state index in [4.69, 9.17) is 4.74 Å². The molecule has 1 aliphatic carbocycles. The van der Waals surface area contributed by atoms with Crippen molar-refractivity contribution in [1.82, 2.24) is 10.6 Å². The third-order valence-electron chi connectivity index (χ3n) is 3.69. The first-order valence-corrected chi connectivity index (χ1v) is 7.23. The Balaban J connectivity index is 0.00000361. The Morgan fingerprint density at radius 3 is 2.25 bits per heavy atom. The molecule has 0 heterocycles. The van der Waals surface area contributed by atoms with Gasteiger partial charge in [-0.2, -0.15) is 0 Å². The SMILES string of the molecule is COCCNCC(=O)NC1CC(C)(C)CC(C)(C)C1.Cl. The molecule has 20 heavy (non-hydrogen) atoms. The van der Waals surface area contributed by atoms with E-state index >= 15 is 0 Å². The van der Waals surface area contributed by atoms with Crippen LogP contribution in [0.25, 0.3) is 0 Å². The van der Waals surface area contributed by atoms with Crippen LogP contribution < -0.4 is 10.6 Å². The molecule has 0 spiro atoms. The molecule has 1 amide bonds. The van der Waals surface area contributed by atoms with Crippen LogP contribution in [0.1, 0.15) is 47.0 Å². The number of methoxy groups -OCH3 is 1. The van der Waals surface area contributed by atoms with Gasteiger partial charge in [-0.3, -0.25) is 4.79 Å². The first kappa shape index (κ1) is 19.7. The number of carbonyl (C=O) groups is 1. The molecule has 0 aromatic rings. The zero-order chi connectivity index (χ0) is 14.5. The van der Waals surface area contributed by atoms with Crippen LogP contribution in [0.3, 0.4) is 0 Å². The molecule has 5 heteroatoms. The lowest BCUT2D eigenvalue weighted by molar-refractivity contribution is -0.121. The summed E-state index contributed by atoms with van der Waals surface area (Å²) in [6, 6.07) is 0.301. The van der Waals surface area contributed by atoms with Gasteiger partial charge < -0.3 is 15.4 Å². The number of carbonyl (C=O) groups excluding carboxylic acids is 1. The molecule has 1 fully saturated rings. The van der Waals surface area contributed by atoms with E-state index in [0.29, 0.717) is 36.6 Å². The van der Waals surface area contributed by atoms with Crippen LogP contribution in [-0.2, 0) is 9.53 Å². The number of ether oxygens (including phenoxy) is 1. The first-order chi connectivity index (χ1) is 8.74. The highest BCUT2D eigenvalue weighted by molar-refractivity contribution is 5.85. The molecular formula is C15H31ClN2O2. The molecule has 4 nitrogen and oxygen atoms in total. The molecule has 0 aromatic heterocycles. The Hall–Kier alpha value is -0.320.